The number of rotatable bonds is 5. The van der Waals surface area contributed by atoms with E-state index in [4.69, 9.17) is 0 Å². The molecule has 1 atom stereocenters. The Labute approximate surface area is 83.3 Å². The van der Waals surface area contributed by atoms with Gasteiger partial charge in [-0.15, -0.1) is 6.58 Å². The van der Waals surface area contributed by atoms with Crippen molar-refractivity contribution in [2.24, 2.45) is 5.92 Å². The van der Waals surface area contributed by atoms with Crippen LogP contribution >= 0.6 is 0 Å². The SMILES string of the molecule is C=CC(c1ccccc1)C(C=O)C=O. The lowest BCUT2D eigenvalue weighted by atomic mass is 9.88. The largest absolute Gasteiger partial charge is 0.303 e. The number of allylic oxidation sites excluding steroid dienone is 1. The van der Waals surface area contributed by atoms with Gasteiger partial charge >= 0.3 is 0 Å². The molecule has 0 saturated carbocycles. The lowest BCUT2D eigenvalue weighted by Crippen LogP contribution is -2.13. The maximum Gasteiger partial charge on any atom is 0.131 e. The van der Waals surface area contributed by atoms with E-state index in [1.807, 2.05) is 30.3 Å². The van der Waals surface area contributed by atoms with Crippen molar-refractivity contribution in [3.63, 3.8) is 0 Å². The fourth-order valence-corrected chi connectivity index (χ4v) is 1.39. The topological polar surface area (TPSA) is 34.1 Å². The third kappa shape index (κ3) is 2.16. The van der Waals surface area contributed by atoms with Crippen molar-refractivity contribution in [3.05, 3.63) is 48.6 Å². The van der Waals surface area contributed by atoms with Gasteiger partial charge in [-0.3, -0.25) is 0 Å². The third-order valence-corrected chi connectivity index (χ3v) is 2.17. The van der Waals surface area contributed by atoms with Crippen molar-refractivity contribution in [1.82, 2.24) is 0 Å². The Hall–Kier alpha value is -1.70. The molecular formula is C12H12O2. The molecule has 2 heteroatoms. The zero-order valence-electron chi connectivity index (χ0n) is 7.80. The Bertz CT molecular complexity index is 308. The van der Waals surface area contributed by atoms with Crippen LogP contribution < -0.4 is 0 Å². The first-order valence-electron chi connectivity index (χ1n) is 4.41. The van der Waals surface area contributed by atoms with Crippen LogP contribution in [-0.4, -0.2) is 12.6 Å². The first kappa shape index (κ1) is 10.4. The van der Waals surface area contributed by atoms with Crippen LogP contribution in [0.25, 0.3) is 0 Å². The summed E-state index contributed by atoms with van der Waals surface area (Å²) in [5, 5.41) is 0. The molecular weight excluding hydrogens is 176 g/mol. The smallest absolute Gasteiger partial charge is 0.131 e. The molecule has 0 spiro atoms. The summed E-state index contributed by atoms with van der Waals surface area (Å²) < 4.78 is 0. The summed E-state index contributed by atoms with van der Waals surface area (Å²) in [6.07, 6.45) is 2.95. The molecule has 0 N–H and O–H groups in total. The number of hydrogen-bond donors (Lipinski definition) is 0. The minimum absolute atomic E-state index is 0.216. The molecule has 0 bridgehead atoms. The van der Waals surface area contributed by atoms with Crippen molar-refractivity contribution in [2.45, 2.75) is 5.92 Å². The van der Waals surface area contributed by atoms with Gasteiger partial charge in [0.1, 0.15) is 12.6 Å². The zero-order chi connectivity index (χ0) is 10.4. The zero-order valence-corrected chi connectivity index (χ0v) is 7.80. The van der Waals surface area contributed by atoms with Gasteiger partial charge in [0.2, 0.25) is 0 Å². The predicted octanol–water partition coefficient (Wildman–Crippen LogP) is 1.97. The number of aldehydes is 2. The van der Waals surface area contributed by atoms with E-state index < -0.39 is 5.92 Å². The van der Waals surface area contributed by atoms with Gasteiger partial charge in [0, 0.05) is 5.92 Å². The highest BCUT2D eigenvalue weighted by atomic mass is 16.1. The van der Waals surface area contributed by atoms with Crippen molar-refractivity contribution in [3.8, 4) is 0 Å². The van der Waals surface area contributed by atoms with Crippen molar-refractivity contribution >= 4 is 12.6 Å². The lowest BCUT2D eigenvalue weighted by molar-refractivity contribution is -0.119. The molecule has 0 fully saturated rings. The van der Waals surface area contributed by atoms with E-state index in [0.29, 0.717) is 12.6 Å². The van der Waals surface area contributed by atoms with Crippen LogP contribution in [0.2, 0.25) is 0 Å². The number of hydrogen-bond acceptors (Lipinski definition) is 2. The molecule has 0 aliphatic heterocycles. The van der Waals surface area contributed by atoms with Crippen molar-refractivity contribution in [2.75, 3.05) is 0 Å². The van der Waals surface area contributed by atoms with Crippen LogP contribution in [-0.2, 0) is 9.59 Å². The van der Waals surface area contributed by atoms with Crippen molar-refractivity contribution in [1.29, 1.82) is 0 Å². The van der Waals surface area contributed by atoms with Gasteiger partial charge in [0.05, 0.1) is 5.92 Å². The summed E-state index contributed by atoms with van der Waals surface area (Å²) >= 11 is 0. The molecule has 1 rings (SSSR count). The van der Waals surface area contributed by atoms with E-state index in [9.17, 15) is 9.59 Å². The van der Waals surface area contributed by atoms with Gasteiger partial charge in [0.25, 0.3) is 0 Å². The maximum absolute atomic E-state index is 10.6. The third-order valence-electron chi connectivity index (χ3n) is 2.17. The second-order valence-electron chi connectivity index (χ2n) is 3.02. The highest BCUT2D eigenvalue weighted by Crippen LogP contribution is 2.22. The van der Waals surface area contributed by atoms with E-state index in [-0.39, 0.29) is 5.92 Å². The van der Waals surface area contributed by atoms with Gasteiger partial charge in [-0.25, -0.2) is 0 Å². The fraction of sp³-hybridized carbons (Fsp3) is 0.167. The molecule has 0 saturated heterocycles. The molecule has 2 nitrogen and oxygen atoms in total. The van der Waals surface area contributed by atoms with Gasteiger partial charge in [-0.05, 0) is 5.56 Å². The normalized spacial score (nSPS) is 12.1. The Balaban J connectivity index is 2.97. The molecule has 1 aromatic carbocycles. The van der Waals surface area contributed by atoms with Crippen molar-refractivity contribution < 1.29 is 9.59 Å². The maximum atomic E-state index is 10.6. The van der Waals surface area contributed by atoms with E-state index in [1.54, 1.807) is 6.08 Å². The van der Waals surface area contributed by atoms with Crippen LogP contribution in [0.3, 0.4) is 0 Å². The average Bonchev–Trinajstić information content (AvgIpc) is 2.27. The van der Waals surface area contributed by atoms with Crippen LogP contribution in [0, 0.1) is 5.92 Å². The molecule has 14 heavy (non-hydrogen) atoms. The Kier molecular flexibility index (Phi) is 3.80. The first-order valence-corrected chi connectivity index (χ1v) is 4.41. The van der Waals surface area contributed by atoms with E-state index in [1.165, 1.54) is 0 Å². The van der Waals surface area contributed by atoms with Gasteiger partial charge in [-0.1, -0.05) is 36.4 Å². The summed E-state index contributed by atoms with van der Waals surface area (Å²) in [5.41, 5.74) is 0.937. The summed E-state index contributed by atoms with van der Waals surface area (Å²) in [7, 11) is 0. The second-order valence-corrected chi connectivity index (χ2v) is 3.02. The van der Waals surface area contributed by atoms with E-state index >= 15 is 0 Å². The Morgan fingerprint density at radius 3 is 2.07 bits per heavy atom. The molecule has 0 aliphatic carbocycles. The molecule has 0 heterocycles. The number of carbonyl (C=O) groups excluding carboxylic acids is 2. The fourth-order valence-electron chi connectivity index (χ4n) is 1.39. The summed E-state index contributed by atoms with van der Waals surface area (Å²) in [5.74, 6) is -0.846. The molecule has 0 radical (unpaired) electrons. The van der Waals surface area contributed by atoms with Crippen LogP contribution in [0.15, 0.2) is 43.0 Å². The van der Waals surface area contributed by atoms with Crippen LogP contribution in [0.4, 0.5) is 0 Å². The number of benzene rings is 1. The highest BCUT2D eigenvalue weighted by Gasteiger charge is 2.18. The van der Waals surface area contributed by atoms with Crippen LogP contribution in [0.1, 0.15) is 11.5 Å². The van der Waals surface area contributed by atoms with Gasteiger partial charge in [0.15, 0.2) is 0 Å². The van der Waals surface area contributed by atoms with Gasteiger partial charge < -0.3 is 9.59 Å². The van der Waals surface area contributed by atoms with E-state index in [0.717, 1.165) is 5.56 Å². The minimum Gasteiger partial charge on any atom is -0.303 e. The quantitative estimate of drug-likeness (QED) is 0.402. The first-order chi connectivity index (χ1) is 6.83. The minimum atomic E-state index is -0.630. The highest BCUT2D eigenvalue weighted by molar-refractivity contribution is 5.79. The average molecular weight is 188 g/mol. The molecule has 1 aromatic rings. The molecule has 0 aromatic heterocycles. The standard InChI is InChI=1S/C12H12O2/c1-2-12(11(8-13)9-14)10-6-4-3-5-7-10/h2-9,11-12H,1H2. The molecule has 1 unspecified atom stereocenters. The summed E-state index contributed by atoms with van der Waals surface area (Å²) in [4.78, 5) is 21.3. The molecule has 0 amide bonds. The molecule has 0 aliphatic rings. The van der Waals surface area contributed by atoms with E-state index in [2.05, 4.69) is 6.58 Å². The Morgan fingerprint density at radius 1 is 1.07 bits per heavy atom. The number of carbonyl (C=O) groups is 2. The van der Waals surface area contributed by atoms with Gasteiger partial charge in [-0.2, -0.15) is 0 Å². The monoisotopic (exact) mass is 188 g/mol. The summed E-state index contributed by atoms with van der Waals surface area (Å²) in [6.45, 7) is 3.64. The molecule has 72 valence electrons. The second kappa shape index (κ2) is 5.12. The van der Waals surface area contributed by atoms with Crippen LogP contribution in [0.5, 0.6) is 0 Å². The predicted molar refractivity (Wildman–Crippen MR) is 55.0 cm³/mol. The summed E-state index contributed by atoms with van der Waals surface area (Å²) in [6, 6.07) is 9.40. The lowest BCUT2D eigenvalue weighted by Gasteiger charge is -2.14. The Morgan fingerprint density at radius 2 is 1.64 bits per heavy atom.